The molecule has 1 N–H and O–H groups in total. The van der Waals surface area contributed by atoms with Gasteiger partial charge < -0.3 is 9.88 Å². The SMILES string of the molecule is C=CCN(C)C(=O)c1cc(Br)c[nH]1. The second-order valence-corrected chi connectivity index (χ2v) is 3.62. The van der Waals surface area contributed by atoms with Crippen LogP contribution >= 0.6 is 15.9 Å². The summed E-state index contributed by atoms with van der Waals surface area (Å²) in [6, 6.07) is 1.75. The topological polar surface area (TPSA) is 36.1 Å². The first kappa shape index (κ1) is 10.1. The number of carbonyl (C=O) groups is 1. The van der Waals surface area contributed by atoms with E-state index in [2.05, 4.69) is 27.5 Å². The summed E-state index contributed by atoms with van der Waals surface area (Å²) in [6.45, 7) is 4.12. The summed E-state index contributed by atoms with van der Waals surface area (Å²) in [7, 11) is 1.73. The Morgan fingerprint density at radius 3 is 3.00 bits per heavy atom. The van der Waals surface area contributed by atoms with Crippen molar-refractivity contribution in [1.82, 2.24) is 9.88 Å². The molecule has 0 spiro atoms. The minimum Gasteiger partial charge on any atom is -0.356 e. The van der Waals surface area contributed by atoms with Gasteiger partial charge in [-0.15, -0.1) is 6.58 Å². The van der Waals surface area contributed by atoms with Crippen LogP contribution < -0.4 is 0 Å². The smallest absolute Gasteiger partial charge is 0.270 e. The van der Waals surface area contributed by atoms with Gasteiger partial charge in [0.05, 0.1) is 0 Å². The number of hydrogen-bond acceptors (Lipinski definition) is 1. The summed E-state index contributed by atoms with van der Waals surface area (Å²) in [5.74, 6) is -0.0365. The number of rotatable bonds is 3. The molecule has 0 saturated heterocycles. The van der Waals surface area contributed by atoms with Gasteiger partial charge in [-0.05, 0) is 22.0 Å². The lowest BCUT2D eigenvalue weighted by Gasteiger charge is -2.12. The van der Waals surface area contributed by atoms with Gasteiger partial charge in [0.2, 0.25) is 0 Å². The van der Waals surface area contributed by atoms with Crippen LogP contribution in [-0.4, -0.2) is 29.4 Å². The van der Waals surface area contributed by atoms with Crippen LogP contribution in [0.1, 0.15) is 10.5 Å². The molecule has 0 atom stereocenters. The molecule has 13 heavy (non-hydrogen) atoms. The van der Waals surface area contributed by atoms with Crippen molar-refractivity contribution < 1.29 is 4.79 Å². The van der Waals surface area contributed by atoms with Crippen molar-refractivity contribution in [3.05, 3.63) is 35.1 Å². The van der Waals surface area contributed by atoms with Crippen molar-refractivity contribution in [3.63, 3.8) is 0 Å². The summed E-state index contributed by atoms with van der Waals surface area (Å²) >= 11 is 3.27. The van der Waals surface area contributed by atoms with E-state index in [0.29, 0.717) is 12.2 Å². The summed E-state index contributed by atoms with van der Waals surface area (Å²) in [5.41, 5.74) is 0.580. The highest BCUT2D eigenvalue weighted by Crippen LogP contribution is 2.11. The Morgan fingerprint density at radius 1 is 1.85 bits per heavy atom. The molecule has 1 amide bonds. The molecular weight excluding hydrogens is 232 g/mol. The van der Waals surface area contributed by atoms with Gasteiger partial charge >= 0.3 is 0 Å². The van der Waals surface area contributed by atoms with E-state index >= 15 is 0 Å². The molecule has 0 aromatic carbocycles. The molecule has 0 unspecified atom stereocenters. The third-order valence-electron chi connectivity index (χ3n) is 1.63. The predicted octanol–water partition coefficient (Wildman–Crippen LogP) is 2.04. The van der Waals surface area contributed by atoms with Crippen LogP contribution in [0.25, 0.3) is 0 Å². The van der Waals surface area contributed by atoms with E-state index in [1.165, 1.54) is 0 Å². The monoisotopic (exact) mass is 242 g/mol. The van der Waals surface area contributed by atoms with E-state index in [0.717, 1.165) is 4.47 Å². The van der Waals surface area contributed by atoms with Crippen LogP contribution in [0.2, 0.25) is 0 Å². The van der Waals surface area contributed by atoms with E-state index in [1.54, 1.807) is 30.3 Å². The van der Waals surface area contributed by atoms with Crippen molar-refractivity contribution >= 4 is 21.8 Å². The first-order valence-electron chi connectivity index (χ1n) is 3.85. The Kier molecular flexibility index (Phi) is 3.31. The quantitative estimate of drug-likeness (QED) is 0.810. The normalized spacial score (nSPS) is 9.69. The maximum absolute atomic E-state index is 11.6. The summed E-state index contributed by atoms with van der Waals surface area (Å²) < 4.78 is 0.878. The molecule has 0 aliphatic carbocycles. The molecule has 0 saturated carbocycles. The average Bonchev–Trinajstić information content (AvgIpc) is 2.51. The van der Waals surface area contributed by atoms with Crippen molar-refractivity contribution in [2.24, 2.45) is 0 Å². The standard InChI is InChI=1S/C9H11BrN2O/c1-3-4-12(2)9(13)8-5-7(10)6-11-8/h3,5-6,11H,1,4H2,2H3. The minimum atomic E-state index is -0.0365. The molecule has 3 nitrogen and oxygen atoms in total. The molecular formula is C9H11BrN2O. The number of H-pyrrole nitrogens is 1. The van der Waals surface area contributed by atoms with Crippen molar-refractivity contribution in [3.8, 4) is 0 Å². The summed E-state index contributed by atoms with van der Waals surface area (Å²) in [4.78, 5) is 16.0. The van der Waals surface area contributed by atoms with Gasteiger partial charge in [0.15, 0.2) is 0 Å². The van der Waals surface area contributed by atoms with Crippen molar-refractivity contribution in [1.29, 1.82) is 0 Å². The van der Waals surface area contributed by atoms with Crippen LogP contribution in [-0.2, 0) is 0 Å². The number of nitrogens with zero attached hydrogens (tertiary/aromatic N) is 1. The number of aromatic nitrogens is 1. The molecule has 1 heterocycles. The van der Waals surface area contributed by atoms with E-state index in [-0.39, 0.29) is 5.91 Å². The minimum absolute atomic E-state index is 0.0365. The first-order valence-corrected chi connectivity index (χ1v) is 4.64. The lowest BCUT2D eigenvalue weighted by atomic mass is 10.4. The first-order chi connectivity index (χ1) is 6.15. The largest absolute Gasteiger partial charge is 0.356 e. The summed E-state index contributed by atoms with van der Waals surface area (Å²) in [5, 5.41) is 0. The molecule has 0 aliphatic rings. The fourth-order valence-electron chi connectivity index (χ4n) is 0.974. The highest BCUT2D eigenvalue weighted by atomic mass is 79.9. The second-order valence-electron chi connectivity index (χ2n) is 2.71. The number of amides is 1. The second kappa shape index (κ2) is 4.28. The van der Waals surface area contributed by atoms with Crippen LogP contribution in [0.3, 0.4) is 0 Å². The number of halogens is 1. The molecule has 70 valence electrons. The third-order valence-corrected chi connectivity index (χ3v) is 2.09. The summed E-state index contributed by atoms with van der Waals surface area (Å²) in [6.07, 6.45) is 3.42. The van der Waals surface area contributed by atoms with Gasteiger partial charge in [-0.25, -0.2) is 0 Å². The zero-order valence-corrected chi connectivity index (χ0v) is 8.97. The Hall–Kier alpha value is -1.03. The van der Waals surface area contributed by atoms with Gasteiger partial charge in [0.1, 0.15) is 5.69 Å². The molecule has 1 rings (SSSR count). The molecule has 0 fully saturated rings. The number of likely N-dealkylation sites (N-methyl/N-ethyl adjacent to an activating group) is 1. The van der Waals surface area contributed by atoms with Crippen molar-refractivity contribution in [2.45, 2.75) is 0 Å². The average molecular weight is 243 g/mol. The van der Waals surface area contributed by atoms with E-state index in [9.17, 15) is 4.79 Å². The van der Waals surface area contributed by atoms with Crippen LogP contribution in [0.15, 0.2) is 29.4 Å². The number of aromatic amines is 1. The maximum atomic E-state index is 11.6. The zero-order valence-electron chi connectivity index (χ0n) is 7.38. The van der Waals surface area contributed by atoms with Gasteiger partial charge in [-0.3, -0.25) is 4.79 Å². The molecule has 1 aromatic heterocycles. The Labute approximate surface area is 85.6 Å². The van der Waals surface area contributed by atoms with Crippen LogP contribution in [0, 0.1) is 0 Å². The predicted molar refractivity (Wildman–Crippen MR) is 55.7 cm³/mol. The van der Waals surface area contributed by atoms with Crippen LogP contribution in [0.4, 0.5) is 0 Å². The van der Waals surface area contributed by atoms with E-state index in [4.69, 9.17) is 0 Å². The number of nitrogens with one attached hydrogen (secondary N) is 1. The molecule has 4 heteroatoms. The highest BCUT2D eigenvalue weighted by molar-refractivity contribution is 9.10. The van der Waals surface area contributed by atoms with Gasteiger partial charge in [-0.1, -0.05) is 6.08 Å². The zero-order chi connectivity index (χ0) is 9.84. The van der Waals surface area contributed by atoms with Gasteiger partial charge in [0, 0.05) is 24.3 Å². The Balaban J connectivity index is 2.73. The Bertz CT molecular complexity index is 319. The molecule has 0 radical (unpaired) electrons. The highest BCUT2D eigenvalue weighted by Gasteiger charge is 2.11. The number of carbonyl (C=O) groups excluding carboxylic acids is 1. The third kappa shape index (κ3) is 2.45. The maximum Gasteiger partial charge on any atom is 0.270 e. The lowest BCUT2D eigenvalue weighted by Crippen LogP contribution is -2.26. The molecule has 0 bridgehead atoms. The molecule has 0 aliphatic heterocycles. The fourth-order valence-corrected chi connectivity index (χ4v) is 1.32. The van der Waals surface area contributed by atoms with Crippen molar-refractivity contribution in [2.75, 3.05) is 13.6 Å². The Morgan fingerprint density at radius 2 is 2.54 bits per heavy atom. The van der Waals surface area contributed by atoms with E-state index < -0.39 is 0 Å². The fraction of sp³-hybridized carbons (Fsp3) is 0.222. The number of hydrogen-bond donors (Lipinski definition) is 1. The van der Waals surface area contributed by atoms with Crippen LogP contribution in [0.5, 0.6) is 0 Å². The van der Waals surface area contributed by atoms with Gasteiger partial charge in [0.25, 0.3) is 5.91 Å². The van der Waals surface area contributed by atoms with E-state index in [1.807, 2.05) is 0 Å². The van der Waals surface area contributed by atoms with Gasteiger partial charge in [-0.2, -0.15) is 0 Å². The molecule has 1 aromatic rings. The lowest BCUT2D eigenvalue weighted by molar-refractivity contribution is 0.0805.